The number of primary amides is 1. The maximum Gasteiger partial charge on any atom is 0.408 e. The van der Waals surface area contributed by atoms with Gasteiger partial charge >= 0.3 is 6.09 Å². The number of hydrogen-bond donors (Lipinski definition) is 4. The Morgan fingerprint density at radius 2 is 1.67 bits per heavy atom. The van der Waals surface area contributed by atoms with Crippen LogP contribution < -0.4 is 16.4 Å². The smallest absolute Gasteiger partial charge is 0.408 e. The topological polar surface area (TPSA) is 151 Å². The molecule has 2 unspecified atom stereocenters. The monoisotopic (exact) mass is 464 g/mol. The summed E-state index contributed by atoms with van der Waals surface area (Å²) in [5.41, 5.74) is 4.97. The van der Waals surface area contributed by atoms with Crippen molar-refractivity contribution in [2.45, 2.75) is 78.1 Å². The highest BCUT2D eigenvalue weighted by molar-refractivity contribution is 5.94. The molecule has 0 bridgehead atoms. The van der Waals surface area contributed by atoms with E-state index < -0.39 is 47.9 Å². The number of benzene rings is 1. The Hall–Kier alpha value is -3.30. The fourth-order valence-corrected chi connectivity index (χ4v) is 3.15. The van der Waals surface area contributed by atoms with Gasteiger partial charge < -0.3 is 31.1 Å². The minimum Gasteiger partial charge on any atom is -0.508 e. The first-order valence-corrected chi connectivity index (χ1v) is 10.9. The van der Waals surface area contributed by atoms with Gasteiger partial charge in [0.15, 0.2) is 0 Å². The van der Waals surface area contributed by atoms with E-state index >= 15 is 0 Å². The van der Waals surface area contributed by atoms with Gasteiger partial charge in [0, 0.05) is 12.6 Å². The summed E-state index contributed by atoms with van der Waals surface area (Å²) < 4.78 is 5.22. The van der Waals surface area contributed by atoms with Gasteiger partial charge in [0.1, 0.15) is 23.4 Å². The fraction of sp³-hybridized carbons (Fsp3) is 0.565. The van der Waals surface area contributed by atoms with Crippen LogP contribution in [0, 0.1) is 0 Å². The van der Waals surface area contributed by atoms with Crippen LogP contribution in [0.4, 0.5) is 4.79 Å². The zero-order valence-electron chi connectivity index (χ0n) is 20.2. The fourth-order valence-electron chi connectivity index (χ4n) is 3.15. The van der Waals surface area contributed by atoms with Gasteiger partial charge in [-0.2, -0.15) is 0 Å². The van der Waals surface area contributed by atoms with Crippen LogP contribution in [-0.4, -0.2) is 58.1 Å². The number of carbonyl (C=O) groups excluding carboxylic acids is 4. The lowest BCUT2D eigenvalue weighted by atomic mass is 10.0. The van der Waals surface area contributed by atoms with E-state index in [1.165, 1.54) is 17.0 Å². The second-order valence-electron chi connectivity index (χ2n) is 9.06. The van der Waals surface area contributed by atoms with Crippen molar-refractivity contribution >= 4 is 23.8 Å². The molecule has 0 aliphatic rings. The summed E-state index contributed by atoms with van der Waals surface area (Å²) in [6.07, 6.45) is -0.844. The predicted molar refractivity (Wildman–Crippen MR) is 123 cm³/mol. The molecule has 0 aliphatic carbocycles. The molecule has 4 amide bonds. The minimum atomic E-state index is -1.32. The first kappa shape index (κ1) is 27.7. The summed E-state index contributed by atoms with van der Waals surface area (Å²) >= 11 is 0. The Balaban J connectivity index is 3.39. The van der Waals surface area contributed by atoms with Crippen LogP contribution in [0.5, 0.6) is 5.75 Å². The second-order valence-corrected chi connectivity index (χ2v) is 9.06. The minimum absolute atomic E-state index is 0.00772. The molecule has 0 heterocycles. The molecule has 0 aliphatic heterocycles. The summed E-state index contributed by atoms with van der Waals surface area (Å²) in [5, 5.41) is 14.9. The van der Waals surface area contributed by atoms with Crippen LogP contribution in [0.15, 0.2) is 24.3 Å². The van der Waals surface area contributed by atoms with E-state index in [4.69, 9.17) is 10.5 Å². The maximum atomic E-state index is 13.6. The van der Waals surface area contributed by atoms with E-state index in [2.05, 4.69) is 10.6 Å². The molecule has 1 rings (SSSR count). The van der Waals surface area contributed by atoms with E-state index in [9.17, 15) is 24.3 Å². The normalized spacial score (nSPS) is 13.1. The lowest BCUT2D eigenvalue weighted by Crippen LogP contribution is -2.54. The number of carbonyl (C=O) groups is 4. The summed E-state index contributed by atoms with van der Waals surface area (Å²) in [4.78, 5) is 52.0. The van der Waals surface area contributed by atoms with Gasteiger partial charge in [0.25, 0.3) is 0 Å². The zero-order valence-corrected chi connectivity index (χ0v) is 20.2. The van der Waals surface area contributed by atoms with Crippen molar-refractivity contribution in [2.75, 3.05) is 6.54 Å². The molecule has 0 aromatic heterocycles. The number of nitrogens with two attached hydrogens (primary N) is 1. The molecule has 10 heteroatoms. The molecule has 0 fully saturated rings. The SMILES string of the molecule is CCCN(C(=O)C(CC(N)=O)NC(=O)OC(C)(C)C)C(C(=O)NC(C)C)c1ccc(O)cc1. The van der Waals surface area contributed by atoms with Crippen molar-refractivity contribution in [3.8, 4) is 5.75 Å². The quantitative estimate of drug-likeness (QED) is 0.415. The number of phenolic OH excluding ortho intramolecular Hbond substituents is 1. The number of aromatic hydroxyl groups is 1. The van der Waals surface area contributed by atoms with E-state index in [0.717, 1.165) is 0 Å². The largest absolute Gasteiger partial charge is 0.508 e. The van der Waals surface area contributed by atoms with Gasteiger partial charge in [0.05, 0.1) is 6.42 Å². The van der Waals surface area contributed by atoms with Gasteiger partial charge in [-0.05, 0) is 58.7 Å². The summed E-state index contributed by atoms with van der Waals surface area (Å²) in [6.45, 7) is 10.6. The first-order chi connectivity index (χ1) is 15.2. The van der Waals surface area contributed by atoms with Gasteiger partial charge in [-0.25, -0.2) is 4.79 Å². The number of hydrogen-bond acceptors (Lipinski definition) is 6. The Morgan fingerprint density at radius 1 is 1.09 bits per heavy atom. The molecule has 10 nitrogen and oxygen atoms in total. The second kappa shape index (κ2) is 12.1. The van der Waals surface area contributed by atoms with Crippen LogP contribution in [-0.2, 0) is 19.1 Å². The highest BCUT2D eigenvalue weighted by atomic mass is 16.6. The van der Waals surface area contributed by atoms with E-state index in [-0.39, 0.29) is 18.3 Å². The van der Waals surface area contributed by atoms with Gasteiger partial charge in [-0.3, -0.25) is 14.4 Å². The van der Waals surface area contributed by atoms with Crippen LogP contribution in [0.1, 0.15) is 66.0 Å². The van der Waals surface area contributed by atoms with Crippen molar-refractivity contribution in [1.29, 1.82) is 0 Å². The Labute approximate surface area is 194 Å². The summed E-state index contributed by atoms with van der Waals surface area (Å²) in [5.74, 6) is -1.88. The van der Waals surface area contributed by atoms with E-state index in [0.29, 0.717) is 12.0 Å². The number of alkyl carbamates (subject to hydrolysis) is 1. The molecule has 0 radical (unpaired) electrons. The van der Waals surface area contributed by atoms with Crippen LogP contribution >= 0.6 is 0 Å². The number of amides is 4. The van der Waals surface area contributed by atoms with E-state index in [1.54, 1.807) is 46.8 Å². The molecule has 1 aromatic carbocycles. The average Bonchev–Trinajstić information content (AvgIpc) is 2.65. The first-order valence-electron chi connectivity index (χ1n) is 10.9. The lowest BCUT2D eigenvalue weighted by Gasteiger charge is -2.34. The summed E-state index contributed by atoms with van der Waals surface area (Å²) in [6, 6.07) is 3.34. The number of nitrogens with zero attached hydrogens (tertiary/aromatic N) is 1. The Bertz CT molecular complexity index is 832. The Kier molecular flexibility index (Phi) is 10.2. The van der Waals surface area contributed by atoms with Crippen molar-refractivity contribution in [3.63, 3.8) is 0 Å². The molecule has 2 atom stereocenters. The average molecular weight is 465 g/mol. The third kappa shape index (κ3) is 9.38. The molecule has 33 heavy (non-hydrogen) atoms. The van der Waals surface area contributed by atoms with Crippen molar-refractivity contribution in [3.05, 3.63) is 29.8 Å². The number of ether oxygens (including phenoxy) is 1. The van der Waals surface area contributed by atoms with Gasteiger partial charge in [0.2, 0.25) is 17.7 Å². The van der Waals surface area contributed by atoms with Gasteiger partial charge in [-0.1, -0.05) is 19.1 Å². The molecule has 5 N–H and O–H groups in total. The zero-order chi connectivity index (χ0) is 25.3. The highest BCUT2D eigenvalue weighted by Crippen LogP contribution is 2.25. The number of rotatable bonds is 10. The van der Waals surface area contributed by atoms with Crippen molar-refractivity contribution < 1.29 is 29.0 Å². The molecular formula is C23H36N4O6. The van der Waals surface area contributed by atoms with Crippen LogP contribution in [0.2, 0.25) is 0 Å². The summed E-state index contributed by atoms with van der Waals surface area (Å²) in [7, 11) is 0. The maximum absolute atomic E-state index is 13.6. The molecule has 184 valence electrons. The van der Waals surface area contributed by atoms with Gasteiger partial charge in [-0.15, -0.1) is 0 Å². The highest BCUT2D eigenvalue weighted by Gasteiger charge is 2.36. The van der Waals surface area contributed by atoms with Crippen molar-refractivity contribution in [2.24, 2.45) is 5.73 Å². The van der Waals surface area contributed by atoms with E-state index in [1.807, 2.05) is 6.92 Å². The molecular weight excluding hydrogens is 428 g/mol. The Morgan fingerprint density at radius 3 is 2.12 bits per heavy atom. The predicted octanol–water partition coefficient (Wildman–Crippen LogP) is 1.97. The third-order valence-electron chi connectivity index (χ3n) is 4.34. The molecule has 1 aromatic rings. The molecule has 0 saturated carbocycles. The van der Waals surface area contributed by atoms with Crippen LogP contribution in [0.25, 0.3) is 0 Å². The standard InChI is InChI=1S/C23H36N4O6/c1-7-12-27(19(20(30)25-14(2)3)15-8-10-16(28)11-9-15)21(31)17(13-18(24)29)26-22(32)33-23(4,5)6/h8-11,14,17,19,28H,7,12-13H2,1-6H3,(H2,24,29)(H,25,30)(H,26,32). The number of nitrogens with one attached hydrogen (secondary N) is 2. The number of phenols is 1. The molecule has 0 spiro atoms. The van der Waals surface area contributed by atoms with Crippen molar-refractivity contribution in [1.82, 2.24) is 15.5 Å². The third-order valence-corrected chi connectivity index (χ3v) is 4.34. The lowest BCUT2D eigenvalue weighted by molar-refractivity contribution is -0.143. The molecule has 0 saturated heterocycles. The van der Waals surface area contributed by atoms with Crippen LogP contribution in [0.3, 0.4) is 0 Å².